The topological polar surface area (TPSA) is 32.5 Å². The fraction of sp³-hybridized carbons (Fsp3) is 1.00. The third-order valence-corrected chi connectivity index (χ3v) is 4.47. The quantitative estimate of drug-likeness (QED) is 0.559. The molecule has 0 unspecified atom stereocenters. The fourth-order valence-electron chi connectivity index (χ4n) is 3.01. The summed E-state index contributed by atoms with van der Waals surface area (Å²) in [6, 6.07) is 0. The smallest absolute Gasteiger partial charge is 0.0110 e. The van der Waals surface area contributed by atoms with Crippen molar-refractivity contribution in [1.82, 2.24) is 9.80 Å². The van der Waals surface area contributed by atoms with Gasteiger partial charge in [0.2, 0.25) is 0 Å². The molecule has 0 atom stereocenters. The van der Waals surface area contributed by atoms with Crippen molar-refractivity contribution in [1.29, 1.82) is 0 Å². The summed E-state index contributed by atoms with van der Waals surface area (Å²) in [6.07, 6.45) is 12.4. The number of nitrogens with zero attached hydrogens (tertiary/aromatic N) is 2. The van der Waals surface area contributed by atoms with Gasteiger partial charge in [-0.1, -0.05) is 45.4 Å². The minimum Gasteiger partial charge on any atom is -0.330 e. The number of hydrogen-bond acceptors (Lipinski definition) is 3. The molecule has 0 amide bonds. The summed E-state index contributed by atoms with van der Waals surface area (Å²) in [4.78, 5) is 5.27. The Hall–Kier alpha value is -0.120. The Bertz CT molecular complexity index is 200. The maximum absolute atomic E-state index is 5.55. The molecule has 3 nitrogen and oxygen atoms in total. The Balaban J connectivity index is 1.89. The Morgan fingerprint density at radius 1 is 0.650 bits per heavy atom. The molecule has 1 heterocycles. The monoisotopic (exact) mass is 283 g/mol. The minimum atomic E-state index is 0.845. The minimum absolute atomic E-state index is 0.845. The van der Waals surface area contributed by atoms with Crippen molar-refractivity contribution < 1.29 is 0 Å². The lowest BCUT2D eigenvalue weighted by Crippen LogP contribution is -2.46. The van der Waals surface area contributed by atoms with Gasteiger partial charge in [-0.25, -0.2) is 0 Å². The highest BCUT2D eigenvalue weighted by Gasteiger charge is 2.15. The standard InChI is InChI=1S/C17H37N3/c1-2-3-4-5-6-7-9-12-19-14-16-20(17-15-19)13-10-8-11-18/h2-18H2,1H3. The predicted octanol–water partition coefficient (Wildman–Crippen LogP) is 3.09. The van der Waals surface area contributed by atoms with Crippen molar-refractivity contribution in [2.24, 2.45) is 5.73 Å². The first-order valence-corrected chi connectivity index (χ1v) is 9.01. The van der Waals surface area contributed by atoms with Crippen molar-refractivity contribution in [3.8, 4) is 0 Å². The Morgan fingerprint density at radius 3 is 1.60 bits per heavy atom. The van der Waals surface area contributed by atoms with Crippen LogP contribution in [0.4, 0.5) is 0 Å². The largest absolute Gasteiger partial charge is 0.330 e. The maximum Gasteiger partial charge on any atom is 0.0110 e. The molecule has 0 spiro atoms. The zero-order chi connectivity index (χ0) is 14.5. The molecule has 0 radical (unpaired) electrons. The summed E-state index contributed by atoms with van der Waals surface area (Å²) in [7, 11) is 0. The van der Waals surface area contributed by atoms with Crippen molar-refractivity contribution in [3.05, 3.63) is 0 Å². The molecule has 120 valence electrons. The lowest BCUT2D eigenvalue weighted by atomic mass is 10.1. The molecule has 1 aliphatic heterocycles. The van der Waals surface area contributed by atoms with Crippen LogP contribution in [0, 0.1) is 0 Å². The van der Waals surface area contributed by atoms with Crippen LogP contribution in [-0.4, -0.2) is 55.6 Å². The first-order chi connectivity index (χ1) is 9.86. The van der Waals surface area contributed by atoms with Crippen molar-refractivity contribution >= 4 is 0 Å². The van der Waals surface area contributed by atoms with Crippen LogP contribution >= 0.6 is 0 Å². The van der Waals surface area contributed by atoms with Gasteiger partial charge in [-0.3, -0.25) is 0 Å². The normalized spacial score (nSPS) is 17.7. The second-order valence-corrected chi connectivity index (χ2v) is 6.30. The van der Waals surface area contributed by atoms with E-state index in [0.29, 0.717) is 0 Å². The lowest BCUT2D eigenvalue weighted by Gasteiger charge is -2.34. The summed E-state index contributed by atoms with van der Waals surface area (Å²) in [5, 5.41) is 0. The van der Waals surface area contributed by atoms with E-state index in [1.165, 1.54) is 97.1 Å². The zero-order valence-corrected chi connectivity index (χ0v) is 13.8. The summed E-state index contributed by atoms with van der Waals surface area (Å²) >= 11 is 0. The van der Waals surface area contributed by atoms with Crippen LogP contribution in [0.5, 0.6) is 0 Å². The Kier molecular flexibility index (Phi) is 11.3. The van der Waals surface area contributed by atoms with Gasteiger partial charge in [0.15, 0.2) is 0 Å². The number of nitrogens with two attached hydrogens (primary N) is 1. The Labute approximate surface area is 126 Å². The number of rotatable bonds is 12. The molecule has 1 rings (SSSR count). The van der Waals surface area contributed by atoms with Gasteiger partial charge in [-0.2, -0.15) is 0 Å². The summed E-state index contributed by atoms with van der Waals surface area (Å²) in [6.45, 7) is 10.8. The molecule has 0 bridgehead atoms. The predicted molar refractivity (Wildman–Crippen MR) is 89.2 cm³/mol. The molecule has 1 saturated heterocycles. The molecule has 3 heteroatoms. The van der Waals surface area contributed by atoms with E-state index >= 15 is 0 Å². The van der Waals surface area contributed by atoms with Crippen molar-refractivity contribution in [2.45, 2.75) is 64.7 Å². The highest BCUT2D eigenvalue weighted by molar-refractivity contribution is 4.71. The van der Waals surface area contributed by atoms with Gasteiger partial charge >= 0.3 is 0 Å². The van der Waals surface area contributed by atoms with Crippen molar-refractivity contribution in [2.75, 3.05) is 45.8 Å². The average Bonchev–Trinajstić information content (AvgIpc) is 2.48. The molecule has 0 saturated carbocycles. The van der Waals surface area contributed by atoms with Crippen LogP contribution < -0.4 is 5.73 Å². The lowest BCUT2D eigenvalue weighted by molar-refractivity contribution is 0.129. The van der Waals surface area contributed by atoms with Gasteiger partial charge in [-0.15, -0.1) is 0 Å². The fourth-order valence-corrected chi connectivity index (χ4v) is 3.01. The highest BCUT2D eigenvalue weighted by atomic mass is 15.3. The van der Waals surface area contributed by atoms with Crippen LogP contribution in [0.3, 0.4) is 0 Å². The van der Waals surface area contributed by atoms with E-state index < -0.39 is 0 Å². The molecule has 1 fully saturated rings. The second kappa shape index (κ2) is 12.6. The van der Waals surface area contributed by atoms with Crippen LogP contribution in [0.2, 0.25) is 0 Å². The molecule has 0 aromatic heterocycles. The maximum atomic E-state index is 5.55. The van der Waals surface area contributed by atoms with Gasteiger partial charge in [0.05, 0.1) is 0 Å². The molecule has 1 aliphatic rings. The number of hydrogen-bond donors (Lipinski definition) is 1. The average molecular weight is 284 g/mol. The second-order valence-electron chi connectivity index (χ2n) is 6.30. The van der Waals surface area contributed by atoms with Gasteiger partial charge in [-0.05, 0) is 38.9 Å². The molecular weight excluding hydrogens is 246 g/mol. The first-order valence-electron chi connectivity index (χ1n) is 9.01. The zero-order valence-electron chi connectivity index (χ0n) is 13.8. The SMILES string of the molecule is CCCCCCCCCN1CCN(CCCCN)CC1. The van der Waals surface area contributed by atoms with E-state index in [0.717, 1.165) is 6.54 Å². The highest BCUT2D eigenvalue weighted by Crippen LogP contribution is 2.09. The van der Waals surface area contributed by atoms with E-state index in [1.54, 1.807) is 0 Å². The van der Waals surface area contributed by atoms with E-state index in [-0.39, 0.29) is 0 Å². The molecule has 20 heavy (non-hydrogen) atoms. The van der Waals surface area contributed by atoms with E-state index in [9.17, 15) is 0 Å². The van der Waals surface area contributed by atoms with Crippen molar-refractivity contribution in [3.63, 3.8) is 0 Å². The number of piperazine rings is 1. The Morgan fingerprint density at radius 2 is 1.10 bits per heavy atom. The van der Waals surface area contributed by atoms with Crippen LogP contribution in [0.25, 0.3) is 0 Å². The molecular formula is C17H37N3. The van der Waals surface area contributed by atoms with Gasteiger partial charge < -0.3 is 15.5 Å². The van der Waals surface area contributed by atoms with E-state index in [1.807, 2.05) is 0 Å². The van der Waals surface area contributed by atoms with Gasteiger partial charge in [0.1, 0.15) is 0 Å². The summed E-state index contributed by atoms with van der Waals surface area (Å²) in [5.41, 5.74) is 5.55. The van der Waals surface area contributed by atoms with E-state index in [2.05, 4.69) is 16.7 Å². The number of unbranched alkanes of at least 4 members (excludes halogenated alkanes) is 7. The molecule has 0 aliphatic carbocycles. The molecule has 2 N–H and O–H groups in total. The third kappa shape index (κ3) is 8.93. The summed E-state index contributed by atoms with van der Waals surface area (Å²) in [5.74, 6) is 0. The first kappa shape index (κ1) is 17.9. The van der Waals surface area contributed by atoms with Gasteiger partial charge in [0, 0.05) is 26.2 Å². The van der Waals surface area contributed by atoms with Crippen LogP contribution in [0.1, 0.15) is 64.7 Å². The third-order valence-electron chi connectivity index (χ3n) is 4.47. The molecule has 0 aromatic rings. The van der Waals surface area contributed by atoms with E-state index in [4.69, 9.17) is 5.73 Å². The molecule has 0 aromatic carbocycles. The van der Waals surface area contributed by atoms with Crippen LogP contribution in [-0.2, 0) is 0 Å². The summed E-state index contributed by atoms with van der Waals surface area (Å²) < 4.78 is 0. The van der Waals surface area contributed by atoms with Gasteiger partial charge in [0.25, 0.3) is 0 Å². The van der Waals surface area contributed by atoms with Crippen LogP contribution in [0.15, 0.2) is 0 Å².